The van der Waals surface area contributed by atoms with E-state index < -0.39 is 6.10 Å². The zero-order chi connectivity index (χ0) is 11.6. The zero-order valence-corrected chi connectivity index (χ0v) is 9.69. The van der Waals surface area contributed by atoms with E-state index in [2.05, 4.69) is 18.8 Å². The van der Waals surface area contributed by atoms with Crippen molar-refractivity contribution in [2.75, 3.05) is 0 Å². The Morgan fingerprint density at radius 3 is 2.75 bits per heavy atom. The van der Waals surface area contributed by atoms with E-state index in [1.807, 2.05) is 36.4 Å². The van der Waals surface area contributed by atoms with Crippen LogP contribution in [-0.2, 0) is 0 Å². The van der Waals surface area contributed by atoms with Crippen LogP contribution in [-0.4, -0.2) is 11.2 Å². The maximum Gasteiger partial charge on any atom is 0.133 e. The Balaban J connectivity index is 2.41. The van der Waals surface area contributed by atoms with Gasteiger partial charge in [0.1, 0.15) is 6.10 Å². The smallest absolute Gasteiger partial charge is 0.133 e. The summed E-state index contributed by atoms with van der Waals surface area (Å²) >= 11 is 0. The molecule has 0 aliphatic heterocycles. The SMILES string of the molecule is CCCCC#C[C@H](O)C=Cc1ccccc1. The summed E-state index contributed by atoms with van der Waals surface area (Å²) in [6, 6.07) is 9.90. The minimum Gasteiger partial charge on any atom is -0.377 e. The predicted molar refractivity (Wildman–Crippen MR) is 68.8 cm³/mol. The van der Waals surface area contributed by atoms with Crippen LogP contribution < -0.4 is 0 Å². The maximum atomic E-state index is 9.55. The van der Waals surface area contributed by atoms with Gasteiger partial charge in [0, 0.05) is 6.42 Å². The molecule has 1 N–H and O–H groups in total. The minimum atomic E-state index is -0.655. The Morgan fingerprint density at radius 1 is 1.31 bits per heavy atom. The highest BCUT2D eigenvalue weighted by atomic mass is 16.3. The van der Waals surface area contributed by atoms with Gasteiger partial charge in [0.05, 0.1) is 0 Å². The molecule has 1 aromatic rings. The molecule has 84 valence electrons. The van der Waals surface area contributed by atoms with Crippen LogP contribution >= 0.6 is 0 Å². The number of hydrogen-bond donors (Lipinski definition) is 1. The first-order valence-corrected chi connectivity index (χ1v) is 5.72. The van der Waals surface area contributed by atoms with E-state index in [0.29, 0.717) is 0 Å². The van der Waals surface area contributed by atoms with Crippen LogP contribution in [0.2, 0.25) is 0 Å². The molecule has 0 amide bonds. The highest BCUT2D eigenvalue weighted by Crippen LogP contribution is 2.01. The summed E-state index contributed by atoms with van der Waals surface area (Å²) < 4.78 is 0. The molecule has 1 atom stereocenters. The molecule has 0 bridgehead atoms. The Labute approximate surface area is 97.8 Å². The third-order valence-corrected chi connectivity index (χ3v) is 2.18. The lowest BCUT2D eigenvalue weighted by atomic mass is 10.2. The summed E-state index contributed by atoms with van der Waals surface area (Å²) in [7, 11) is 0. The van der Waals surface area contributed by atoms with E-state index in [1.54, 1.807) is 6.08 Å². The number of rotatable bonds is 4. The Morgan fingerprint density at radius 2 is 2.06 bits per heavy atom. The van der Waals surface area contributed by atoms with E-state index in [4.69, 9.17) is 0 Å². The van der Waals surface area contributed by atoms with E-state index in [-0.39, 0.29) is 0 Å². The van der Waals surface area contributed by atoms with Crippen molar-refractivity contribution in [2.45, 2.75) is 32.3 Å². The molecule has 0 fully saturated rings. The average molecular weight is 214 g/mol. The summed E-state index contributed by atoms with van der Waals surface area (Å²) in [5.41, 5.74) is 1.08. The normalized spacial score (nSPS) is 12.1. The molecule has 0 saturated heterocycles. The van der Waals surface area contributed by atoms with Crippen molar-refractivity contribution in [3.63, 3.8) is 0 Å². The van der Waals surface area contributed by atoms with Gasteiger partial charge >= 0.3 is 0 Å². The van der Waals surface area contributed by atoms with Crippen molar-refractivity contribution in [3.05, 3.63) is 42.0 Å². The van der Waals surface area contributed by atoms with Gasteiger partial charge in [0.2, 0.25) is 0 Å². The van der Waals surface area contributed by atoms with E-state index in [0.717, 1.165) is 24.8 Å². The largest absolute Gasteiger partial charge is 0.377 e. The second-order valence-corrected chi connectivity index (χ2v) is 3.64. The van der Waals surface area contributed by atoms with Gasteiger partial charge in [-0.3, -0.25) is 0 Å². The lowest BCUT2D eigenvalue weighted by Crippen LogP contribution is -1.96. The summed E-state index contributed by atoms with van der Waals surface area (Å²) in [4.78, 5) is 0. The number of benzene rings is 1. The molecule has 0 aliphatic carbocycles. The van der Waals surface area contributed by atoms with E-state index in [9.17, 15) is 5.11 Å². The first-order chi connectivity index (χ1) is 7.83. The summed E-state index contributed by atoms with van der Waals surface area (Å²) in [5.74, 6) is 5.78. The van der Waals surface area contributed by atoms with Crippen molar-refractivity contribution in [1.82, 2.24) is 0 Å². The van der Waals surface area contributed by atoms with Crippen molar-refractivity contribution in [3.8, 4) is 11.8 Å². The van der Waals surface area contributed by atoms with Gasteiger partial charge in [0.15, 0.2) is 0 Å². The fraction of sp³-hybridized carbons (Fsp3) is 0.333. The molecule has 1 aromatic carbocycles. The first-order valence-electron chi connectivity index (χ1n) is 5.72. The van der Waals surface area contributed by atoms with Gasteiger partial charge in [0.25, 0.3) is 0 Å². The van der Waals surface area contributed by atoms with Crippen LogP contribution in [0.4, 0.5) is 0 Å². The van der Waals surface area contributed by atoms with Crippen molar-refractivity contribution < 1.29 is 5.11 Å². The average Bonchev–Trinajstić information content (AvgIpc) is 2.33. The summed E-state index contributed by atoms with van der Waals surface area (Å²) in [5, 5.41) is 9.55. The molecule has 0 saturated carbocycles. The quantitative estimate of drug-likeness (QED) is 0.602. The molecular formula is C15H18O. The van der Waals surface area contributed by atoms with Crippen molar-refractivity contribution >= 4 is 6.08 Å². The molecule has 0 spiro atoms. The first kappa shape index (κ1) is 12.5. The second-order valence-electron chi connectivity index (χ2n) is 3.64. The van der Waals surface area contributed by atoms with E-state index >= 15 is 0 Å². The molecule has 0 aromatic heterocycles. The predicted octanol–water partition coefficient (Wildman–Crippen LogP) is 3.25. The van der Waals surface area contributed by atoms with Crippen LogP contribution in [0.1, 0.15) is 31.7 Å². The lowest BCUT2D eigenvalue weighted by molar-refractivity contribution is 0.281. The molecule has 1 nitrogen and oxygen atoms in total. The Kier molecular flexibility index (Phi) is 6.06. The van der Waals surface area contributed by atoms with Crippen LogP contribution in [0, 0.1) is 11.8 Å². The van der Waals surface area contributed by atoms with Crippen molar-refractivity contribution in [2.24, 2.45) is 0 Å². The molecule has 16 heavy (non-hydrogen) atoms. The van der Waals surface area contributed by atoms with Gasteiger partial charge in [-0.1, -0.05) is 55.7 Å². The standard InChI is InChI=1S/C15H18O/c1-2-3-4-8-11-15(16)13-12-14-9-6-5-7-10-14/h5-7,9-10,12-13,15-16H,2-4H2,1H3/t15-/m0/s1. The topological polar surface area (TPSA) is 20.2 Å². The van der Waals surface area contributed by atoms with Crippen molar-refractivity contribution in [1.29, 1.82) is 0 Å². The second kappa shape index (κ2) is 7.73. The molecule has 1 heteroatoms. The van der Waals surface area contributed by atoms with Crippen LogP contribution in [0.15, 0.2) is 36.4 Å². The molecule has 0 radical (unpaired) electrons. The van der Waals surface area contributed by atoms with Gasteiger partial charge in [-0.25, -0.2) is 0 Å². The highest BCUT2D eigenvalue weighted by Gasteiger charge is 1.90. The van der Waals surface area contributed by atoms with Gasteiger partial charge in [-0.05, 0) is 18.1 Å². The van der Waals surface area contributed by atoms with E-state index in [1.165, 1.54) is 0 Å². The zero-order valence-electron chi connectivity index (χ0n) is 9.69. The van der Waals surface area contributed by atoms with Gasteiger partial charge in [-0.2, -0.15) is 0 Å². The molecule has 0 aliphatic rings. The molecular weight excluding hydrogens is 196 g/mol. The minimum absolute atomic E-state index is 0.655. The van der Waals surface area contributed by atoms with Crippen LogP contribution in [0.5, 0.6) is 0 Å². The number of unbranched alkanes of at least 4 members (excludes halogenated alkanes) is 2. The lowest BCUT2D eigenvalue weighted by Gasteiger charge is -1.94. The fourth-order valence-corrected chi connectivity index (χ4v) is 1.26. The van der Waals surface area contributed by atoms with Crippen LogP contribution in [0.25, 0.3) is 6.08 Å². The fourth-order valence-electron chi connectivity index (χ4n) is 1.26. The third kappa shape index (κ3) is 5.38. The number of aliphatic hydroxyl groups is 1. The molecule has 1 rings (SSSR count). The molecule has 0 unspecified atom stereocenters. The summed E-state index contributed by atoms with van der Waals surface area (Å²) in [6.07, 6.45) is 6.06. The number of hydrogen-bond acceptors (Lipinski definition) is 1. The number of aliphatic hydroxyl groups excluding tert-OH is 1. The monoisotopic (exact) mass is 214 g/mol. The summed E-state index contributed by atoms with van der Waals surface area (Å²) in [6.45, 7) is 2.13. The Hall–Kier alpha value is -1.52. The third-order valence-electron chi connectivity index (χ3n) is 2.18. The molecule has 0 heterocycles. The van der Waals surface area contributed by atoms with Gasteiger partial charge in [-0.15, -0.1) is 5.92 Å². The highest BCUT2D eigenvalue weighted by molar-refractivity contribution is 5.50. The van der Waals surface area contributed by atoms with Gasteiger partial charge < -0.3 is 5.11 Å². The Bertz CT molecular complexity index is 367. The van der Waals surface area contributed by atoms with Crippen LogP contribution in [0.3, 0.4) is 0 Å². The maximum absolute atomic E-state index is 9.55.